The predicted octanol–water partition coefficient (Wildman–Crippen LogP) is 3.24. The number of nitrogens with one attached hydrogen (secondary N) is 1. The summed E-state index contributed by atoms with van der Waals surface area (Å²) >= 11 is 6.22. The number of hydrogen-bond donors (Lipinski definition) is 1. The lowest BCUT2D eigenvalue weighted by atomic mass is 10.1. The Kier molecular flexibility index (Phi) is 5.96. The lowest BCUT2D eigenvalue weighted by molar-refractivity contribution is 0.400. The van der Waals surface area contributed by atoms with Gasteiger partial charge in [-0.25, -0.2) is 9.97 Å². The number of hydrogen-bond acceptors (Lipinski definition) is 4. The van der Waals surface area contributed by atoms with Gasteiger partial charge in [0.1, 0.15) is 17.3 Å². The molecule has 0 aliphatic carbocycles. The number of nitrogens with zero attached hydrogens (tertiary/aromatic N) is 3. The summed E-state index contributed by atoms with van der Waals surface area (Å²) in [4.78, 5) is 10.6. The molecule has 2 aromatic rings. The molecule has 1 aromatic heterocycles. The lowest BCUT2D eigenvalue weighted by Crippen LogP contribution is -2.14. The third-order valence-corrected chi connectivity index (χ3v) is 3.55. The van der Waals surface area contributed by atoms with Crippen LogP contribution < -0.4 is 5.32 Å². The fraction of sp³-hybridized carbons (Fsp3) is 0.375. The minimum Gasteiger partial charge on any atom is -0.366 e. The van der Waals surface area contributed by atoms with Gasteiger partial charge in [-0.2, -0.15) is 0 Å². The Morgan fingerprint density at radius 3 is 2.62 bits per heavy atom. The first-order valence-corrected chi connectivity index (χ1v) is 7.46. The molecule has 112 valence electrons. The van der Waals surface area contributed by atoms with Gasteiger partial charge in [0, 0.05) is 12.1 Å². The molecule has 4 nitrogen and oxygen atoms in total. The van der Waals surface area contributed by atoms with Gasteiger partial charge in [-0.15, -0.1) is 0 Å². The highest BCUT2D eigenvalue weighted by molar-refractivity contribution is 6.30. The van der Waals surface area contributed by atoms with E-state index in [-0.39, 0.29) is 0 Å². The van der Waals surface area contributed by atoms with E-state index in [1.54, 1.807) is 0 Å². The van der Waals surface area contributed by atoms with Gasteiger partial charge < -0.3 is 10.2 Å². The van der Waals surface area contributed by atoms with Gasteiger partial charge >= 0.3 is 0 Å². The van der Waals surface area contributed by atoms with Crippen molar-refractivity contribution in [3.05, 3.63) is 52.9 Å². The average Bonchev–Trinajstić information content (AvgIpc) is 2.48. The van der Waals surface area contributed by atoms with Crippen LogP contribution in [0, 0.1) is 0 Å². The van der Waals surface area contributed by atoms with Gasteiger partial charge in [0.25, 0.3) is 0 Å². The minimum atomic E-state index is 0.541. The lowest BCUT2D eigenvalue weighted by Gasteiger charge is -2.13. The molecule has 0 bridgehead atoms. The maximum atomic E-state index is 6.22. The molecule has 0 aliphatic heterocycles. The quantitative estimate of drug-likeness (QED) is 0.797. The minimum absolute atomic E-state index is 0.541. The molecule has 1 N–H and O–H groups in total. The Balaban J connectivity index is 2.02. The highest BCUT2D eigenvalue weighted by atomic mass is 35.5. The molecular formula is C16H21ClN4. The van der Waals surface area contributed by atoms with Crippen molar-refractivity contribution in [3.63, 3.8) is 0 Å². The molecule has 5 heteroatoms. The maximum absolute atomic E-state index is 6.22. The van der Waals surface area contributed by atoms with E-state index < -0.39 is 0 Å². The van der Waals surface area contributed by atoms with Crippen LogP contribution in [0.1, 0.15) is 17.5 Å². The van der Waals surface area contributed by atoms with Gasteiger partial charge in [-0.1, -0.05) is 41.9 Å². The molecule has 0 fully saturated rings. The van der Waals surface area contributed by atoms with Crippen LogP contribution in [0.25, 0.3) is 0 Å². The van der Waals surface area contributed by atoms with Gasteiger partial charge in [0.2, 0.25) is 0 Å². The number of rotatable bonds is 7. The third kappa shape index (κ3) is 4.99. The van der Waals surface area contributed by atoms with E-state index >= 15 is 0 Å². The summed E-state index contributed by atoms with van der Waals surface area (Å²) in [5.74, 6) is 0.831. The Bertz CT molecular complexity index is 557. The fourth-order valence-electron chi connectivity index (χ4n) is 2.12. The second kappa shape index (κ2) is 7.96. The average molecular weight is 305 g/mol. The summed E-state index contributed by atoms with van der Waals surface area (Å²) < 4.78 is 0. The van der Waals surface area contributed by atoms with Crippen molar-refractivity contribution < 1.29 is 0 Å². The normalized spacial score (nSPS) is 10.9. The fourth-order valence-corrected chi connectivity index (χ4v) is 2.35. The van der Waals surface area contributed by atoms with E-state index in [9.17, 15) is 0 Å². The Labute approximate surface area is 131 Å². The van der Waals surface area contributed by atoms with Crippen LogP contribution in [-0.2, 0) is 13.0 Å². The molecule has 2 rings (SSSR count). The zero-order valence-electron chi connectivity index (χ0n) is 12.5. The van der Waals surface area contributed by atoms with Gasteiger partial charge in [-0.3, -0.25) is 0 Å². The monoisotopic (exact) mass is 304 g/mol. The molecule has 0 aliphatic rings. The summed E-state index contributed by atoms with van der Waals surface area (Å²) in [5, 5.41) is 3.90. The molecule has 1 heterocycles. The summed E-state index contributed by atoms with van der Waals surface area (Å²) in [5.41, 5.74) is 2.21. The first kappa shape index (κ1) is 15.7. The Morgan fingerprint density at radius 1 is 1.14 bits per heavy atom. The highest BCUT2D eigenvalue weighted by Crippen LogP contribution is 2.22. The molecule has 0 radical (unpaired) electrons. The SMILES string of the molecule is CN(C)CCCc1c(Cl)ncnc1NCc1ccccc1. The smallest absolute Gasteiger partial charge is 0.137 e. The van der Waals surface area contributed by atoms with Crippen molar-refractivity contribution in [1.82, 2.24) is 14.9 Å². The molecular weight excluding hydrogens is 284 g/mol. The molecule has 21 heavy (non-hydrogen) atoms. The Hall–Kier alpha value is -1.65. The van der Waals surface area contributed by atoms with Gasteiger partial charge in [0.05, 0.1) is 0 Å². The van der Waals surface area contributed by atoms with Crippen LogP contribution in [0.4, 0.5) is 5.82 Å². The van der Waals surface area contributed by atoms with Crippen LogP contribution in [0.5, 0.6) is 0 Å². The second-order valence-electron chi connectivity index (χ2n) is 5.24. The molecule has 0 spiro atoms. The Morgan fingerprint density at radius 2 is 1.90 bits per heavy atom. The zero-order chi connectivity index (χ0) is 15.1. The number of aromatic nitrogens is 2. The number of anilines is 1. The van der Waals surface area contributed by atoms with E-state index in [2.05, 4.69) is 46.4 Å². The largest absolute Gasteiger partial charge is 0.366 e. The van der Waals surface area contributed by atoms with Crippen molar-refractivity contribution in [2.75, 3.05) is 26.0 Å². The van der Waals surface area contributed by atoms with E-state index in [0.29, 0.717) is 5.15 Å². The molecule has 0 saturated heterocycles. The van der Waals surface area contributed by atoms with Crippen LogP contribution in [0.2, 0.25) is 5.15 Å². The first-order chi connectivity index (χ1) is 10.2. The molecule has 1 aromatic carbocycles. The van der Waals surface area contributed by atoms with Crippen LogP contribution in [0.3, 0.4) is 0 Å². The number of halogens is 1. The van der Waals surface area contributed by atoms with Crippen molar-refractivity contribution in [2.24, 2.45) is 0 Å². The maximum Gasteiger partial charge on any atom is 0.137 e. The second-order valence-corrected chi connectivity index (χ2v) is 5.60. The van der Waals surface area contributed by atoms with Crippen LogP contribution in [-0.4, -0.2) is 35.5 Å². The summed E-state index contributed by atoms with van der Waals surface area (Å²) in [7, 11) is 4.13. The summed E-state index contributed by atoms with van der Waals surface area (Å²) in [6.45, 7) is 1.75. The highest BCUT2D eigenvalue weighted by Gasteiger charge is 2.09. The molecule has 0 atom stereocenters. The molecule has 0 unspecified atom stereocenters. The zero-order valence-corrected chi connectivity index (χ0v) is 13.3. The van der Waals surface area contributed by atoms with Crippen LogP contribution in [0.15, 0.2) is 36.7 Å². The van der Waals surface area contributed by atoms with Gasteiger partial charge in [-0.05, 0) is 39.0 Å². The third-order valence-electron chi connectivity index (χ3n) is 3.23. The van der Waals surface area contributed by atoms with E-state index in [4.69, 9.17) is 11.6 Å². The van der Waals surface area contributed by atoms with E-state index in [0.717, 1.165) is 37.3 Å². The van der Waals surface area contributed by atoms with E-state index in [1.165, 1.54) is 11.9 Å². The van der Waals surface area contributed by atoms with Crippen molar-refractivity contribution in [3.8, 4) is 0 Å². The van der Waals surface area contributed by atoms with Gasteiger partial charge in [0.15, 0.2) is 0 Å². The van der Waals surface area contributed by atoms with Crippen molar-refractivity contribution in [2.45, 2.75) is 19.4 Å². The first-order valence-electron chi connectivity index (χ1n) is 7.08. The topological polar surface area (TPSA) is 41.1 Å². The molecule has 0 saturated carbocycles. The molecule has 0 amide bonds. The predicted molar refractivity (Wildman–Crippen MR) is 87.7 cm³/mol. The van der Waals surface area contributed by atoms with Crippen molar-refractivity contribution >= 4 is 17.4 Å². The number of benzene rings is 1. The summed E-state index contributed by atoms with van der Waals surface area (Å²) in [6.07, 6.45) is 3.40. The standard InChI is InChI=1S/C16H21ClN4/c1-21(2)10-6-9-14-15(17)19-12-20-16(14)18-11-13-7-4-3-5-8-13/h3-5,7-8,12H,6,9-11H2,1-2H3,(H,18,19,20). The summed E-state index contributed by atoms with van der Waals surface area (Å²) in [6, 6.07) is 10.2. The van der Waals surface area contributed by atoms with Crippen LogP contribution >= 0.6 is 11.6 Å². The van der Waals surface area contributed by atoms with E-state index in [1.807, 2.05) is 18.2 Å². The van der Waals surface area contributed by atoms with Crippen molar-refractivity contribution in [1.29, 1.82) is 0 Å².